The molecular weight excluding hydrogens is 380 g/mol. The van der Waals surface area contributed by atoms with Crippen LogP contribution in [-0.2, 0) is 12.8 Å². The third-order valence-corrected chi connectivity index (χ3v) is 6.95. The normalized spacial score (nSPS) is 16.9. The molecule has 158 valence electrons. The predicted octanol–water partition coefficient (Wildman–Crippen LogP) is 5.90. The largest absolute Gasteiger partial charge is 0.389 e. The molecule has 1 aromatic heterocycles. The first kappa shape index (κ1) is 20.0. The lowest BCUT2D eigenvalue weighted by Crippen LogP contribution is -2.42. The third-order valence-electron chi connectivity index (χ3n) is 6.95. The van der Waals surface area contributed by atoms with E-state index in [1.165, 1.54) is 29.5 Å². The van der Waals surface area contributed by atoms with Crippen molar-refractivity contribution >= 4 is 10.9 Å². The van der Waals surface area contributed by atoms with Crippen LogP contribution in [0.3, 0.4) is 0 Å². The molecule has 2 atom stereocenters. The molecule has 3 nitrogen and oxygen atoms in total. The summed E-state index contributed by atoms with van der Waals surface area (Å²) >= 11 is 0. The molecule has 0 amide bonds. The van der Waals surface area contributed by atoms with Crippen molar-refractivity contribution in [1.82, 2.24) is 9.78 Å². The lowest BCUT2D eigenvalue weighted by atomic mass is 9.76. The van der Waals surface area contributed by atoms with Gasteiger partial charge in [-0.15, -0.1) is 0 Å². The van der Waals surface area contributed by atoms with Gasteiger partial charge < -0.3 is 5.11 Å². The average molecular weight is 411 g/mol. The first-order valence-electron chi connectivity index (χ1n) is 11.3. The molecule has 3 heteroatoms. The van der Waals surface area contributed by atoms with Crippen LogP contribution in [-0.4, -0.2) is 20.5 Å². The highest BCUT2D eigenvalue weighted by Crippen LogP contribution is 2.44. The molecular formula is C28H30N2O. The molecule has 0 spiro atoms. The van der Waals surface area contributed by atoms with Crippen LogP contribution in [0.2, 0.25) is 0 Å². The van der Waals surface area contributed by atoms with Gasteiger partial charge in [0.05, 0.1) is 23.0 Å². The number of hydrogen-bond acceptors (Lipinski definition) is 2. The maximum absolute atomic E-state index is 11.9. The Morgan fingerprint density at radius 3 is 2.35 bits per heavy atom. The van der Waals surface area contributed by atoms with Crippen molar-refractivity contribution in [3.63, 3.8) is 0 Å². The summed E-state index contributed by atoms with van der Waals surface area (Å²) in [5.41, 5.74) is 5.03. The van der Waals surface area contributed by atoms with Gasteiger partial charge in [0.1, 0.15) is 0 Å². The van der Waals surface area contributed by atoms with Crippen LogP contribution in [0.4, 0.5) is 0 Å². The summed E-state index contributed by atoms with van der Waals surface area (Å²) < 4.78 is 1.98. The van der Waals surface area contributed by atoms with Crippen molar-refractivity contribution in [3.8, 4) is 5.69 Å². The van der Waals surface area contributed by atoms with Gasteiger partial charge in [-0.2, -0.15) is 5.10 Å². The van der Waals surface area contributed by atoms with Crippen LogP contribution in [0.15, 0.2) is 79.0 Å². The quantitative estimate of drug-likeness (QED) is 0.412. The fourth-order valence-corrected chi connectivity index (χ4v) is 4.80. The minimum atomic E-state index is -0.750. The zero-order valence-corrected chi connectivity index (χ0v) is 18.3. The van der Waals surface area contributed by atoms with Crippen molar-refractivity contribution < 1.29 is 5.11 Å². The maximum Gasteiger partial charge on any atom is 0.0756 e. The van der Waals surface area contributed by atoms with Crippen molar-refractivity contribution in [2.24, 2.45) is 11.8 Å². The molecule has 2 unspecified atom stereocenters. The van der Waals surface area contributed by atoms with Gasteiger partial charge in [0, 0.05) is 18.2 Å². The fourth-order valence-electron chi connectivity index (χ4n) is 4.80. The summed E-state index contributed by atoms with van der Waals surface area (Å²) in [5, 5.41) is 17.6. The average Bonchev–Trinajstić information content (AvgIpc) is 3.54. The summed E-state index contributed by atoms with van der Waals surface area (Å²) in [5.74, 6) is 0.913. The first-order chi connectivity index (χ1) is 15.0. The van der Waals surface area contributed by atoms with Crippen molar-refractivity contribution in [2.45, 2.75) is 45.1 Å². The SMILES string of the molecule is Cc1ccc(CC(O)(Cc2ccc3c(cnn3-c3ccccc3)c2)C(C)C2CC2)cc1. The maximum atomic E-state index is 11.9. The molecule has 1 heterocycles. The minimum Gasteiger partial charge on any atom is -0.389 e. The highest BCUT2D eigenvalue weighted by Gasteiger charge is 2.42. The number of aryl methyl sites for hydroxylation is 1. The Hall–Kier alpha value is -2.91. The van der Waals surface area contributed by atoms with Gasteiger partial charge in [0.25, 0.3) is 0 Å². The number of para-hydroxylation sites is 1. The van der Waals surface area contributed by atoms with E-state index in [0.717, 1.165) is 16.6 Å². The Morgan fingerprint density at radius 1 is 0.968 bits per heavy atom. The first-order valence-corrected chi connectivity index (χ1v) is 11.3. The Balaban J connectivity index is 1.45. The van der Waals surface area contributed by atoms with E-state index >= 15 is 0 Å². The second-order valence-electron chi connectivity index (χ2n) is 9.35. The van der Waals surface area contributed by atoms with Crippen LogP contribution in [0, 0.1) is 18.8 Å². The summed E-state index contributed by atoms with van der Waals surface area (Å²) in [6.07, 6.45) is 5.74. The molecule has 1 saturated carbocycles. The summed E-state index contributed by atoms with van der Waals surface area (Å²) in [6, 6.07) is 25.3. The molecule has 0 aliphatic heterocycles. The van der Waals surface area contributed by atoms with Gasteiger partial charge in [0.15, 0.2) is 0 Å². The van der Waals surface area contributed by atoms with Gasteiger partial charge in [-0.05, 0) is 67.0 Å². The molecule has 1 aliphatic carbocycles. The number of rotatable bonds is 7. The number of fused-ring (bicyclic) bond motifs is 1. The highest BCUT2D eigenvalue weighted by atomic mass is 16.3. The number of nitrogens with zero attached hydrogens (tertiary/aromatic N) is 2. The van der Waals surface area contributed by atoms with Gasteiger partial charge in [-0.25, -0.2) is 4.68 Å². The zero-order valence-electron chi connectivity index (χ0n) is 18.3. The van der Waals surface area contributed by atoms with Gasteiger partial charge >= 0.3 is 0 Å². The second kappa shape index (κ2) is 7.97. The lowest BCUT2D eigenvalue weighted by Gasteiger charge is -2.35. The van der Waals surface area contributed by atoms with E-state index < -0.39 is 5.60 Å². The van der Waals surface area contributed by atoms with E-state index in [1.54, 1.807) is 0 Å². The Bertz CT molecular complexity index is 1170. The number of hydrogen-bond donors (Lipinski definition) is 1. The topological polar surface area (TPSA) is 38.1 Å². The molecule has 1 aliphatic rings. The van der Waals surface area contributed by atoms with Crippen LogP contribution in [0.1, 0.15) is 36.5 Å². The van der Waals surface area contributed by atoms with E-state index in [2.05, 4.69) is 73.5 Å². The summed E-state index contributed by atoms with van der Waals surface area (Å²) in [7, 11) is 0. The zero-order chi connectivity index (χ0) is 21.4. The molecule has 1 fully saturated rings. The summed E-state index contributed by atoms with van der Waals surface area (Å²) in [6.45, 7) is 4.34. The Labute approximate surface area is 184 Å². The number of aliphatic hydroxyl groups is 1. The Morgan fingerprint density at radius 2 is 1.65 bits per heavy atom. The fraction of sp³-hybridized carbons (Fsp3) is 0.321. The summed E-state index contributed by atoms with van der Waals surface area (Å²) in [4.78, 5) is 0. The number of benzene rings is 3. The molecule has 0 bridgehead atoms. The van der Waals surface area contributed by atoms with Crippen molar-refractivity contribution in [2.75, 3.05) is 0 Å². The molecule has 31 heavy (non-hydrogen) atoms. The van der Waals surface area contributed by atoms with Crippen molar-refractivity contribution in [3.05, 3.63) is 95.7 Å². The van der Waals surface area contributed by atoms with Crippen molar-refractivity contribution in [1.29, 1.82) is 0 Å². The van der Waals surface area contributed by atoms with Gasteiger partial charge in [-0.3, -0.25) is 0 Å². The Kier molecular flexibility index (Phi) is 5.15. The van der Waals surface area contributed by atoms with Crippen LogP contribution in [0.25, 0.3) is 16.6 Å². The molecule has 0 radical (unpaired) electrons. The van der Waals surface area contributed by atoms with Crippen LogP contribution >= 0.6 is 0 Å². The van der Waals surface area contributed by atoms with Crippen LogP contribution < -0.4 is 0 Å². The molecule has 3 aromatic carbocycles. The van der Waals surface area contributed by atoms with E-state index in [1.807, 2.05) is 29.1 Å². The number of aromatic nitrogens is 2. The van der Waals surface area contributed by atoms with Crippen LogP contribution in [0.5, 0.6) is 0 Å². The molecule has 1 N–H and O–H groups in total. The minimum absolute atomic E-state index is 0.275. The van der Waals surface area contributed by atoms with E-state index in [4.69, 9.17) is 0 Å². The highest BCUT2D eigenvalue weighted by molar-refractivity contribution is 5.81. The molecule has 4 aromatic rings. The molecule has 0 saturated heterocycles. The molecule has 5 rings (SSSR count). The van der Waals surface area contributed by atoms with E-state index in [0.29, 0.717) is 18.8 Å². The predicted molar refractivity (Wildman–Crippen MR) is 126 cm³/mol. The van der Waals surface area contributed by atoms with Gasteiger partial charge in [-0.1, -0.05) is 61.0 Å². The van der Waals surface area contributed by atoms with Gasteiger partial charge in [0.2, 0.25) is 0 Å². The lowest BCUT2D eigenvalue weighted by molar-refractivity contribution is -0.0199. The van der Waals surface area contributed by atoms with E-state index in [-0.39, 0.29) is 5.92 Å². The van der Waals surface area contributed by atoms with E-state index in [9.17, 15) is 5.11 Å². The monoisotopic (exact) mass is 410 g/mol. The smallest absolute Gasteiger partial charge is 0.0756 e. The second-order valence-corrected chi connectivity index (χ2v) is 9.35. The standard InChI is InChI=1S/C28H30N2O/c1-20-8-10-22(11-9-20)17-28(31,21(2)24-13-14-24)18-23-12-15-27-25(16-23)19-29-30(27)26-6-4-3-5-7-26/h3-12,15-16,19,21,24,31H,13-14,17-18H2,1-2H3. The third kappa shape index (κ3) is 4.15.